The maximum atomic E-state index is 15.5. The van der Waals surface area contributed by atoms with E-state index in [2.05, 4.69) is 96.0 Å². The van der Waals surface area contributed by atoms with Crippen molar-refractivity contribution in [3.8, 4) is 45.9 Å². The summed E-state index contributed by atoms with van der Waals surface area (Å²) >= 11 is 17.3. The summed E-state index contributed by atoms with van der Waals surface area (Å²) in [5, 5.41) is 14.8. The molecular weight excluding hydrogens is 2150 g/mol. The van der Waals surface area contributed by atoms with E-state index in [0.717, 1.165) is 58.5 Å². The minimum absolute atomic E-state index is 0. The van der Waals surface area contributed by atoms with Crippen LogP contribution in [0.25, 0.3) is 44.1 Å². The molecule has 0 saturated heterocycles. The third kappa shape index (κ3) is 23.5. The summed E-state index contributed by atoms with van der Waals surface area (Å²) in [6.45, 7) is 3.44. The van der Waals surface area contributed by atoms with Crippen molar-refractivity contribution in [2.75, 3.05) is 39.7 Å². The molecule has 2 fully saturated rings. The van der Waals surface area contributed by atoms with Crippen LogP contribution in [0.15, 0.2) is 84.9 Å². The number of rotatable bonds is 25. The maximum absolute atomic E-state index is 15.5. The summed E-state index contributed by atoms with van der Waals surface area (Å²) in [5.74, 6) is -8.06. The monoisotopic (exact) mass is 2220 g/mol. The van der Waals surface area contributed by atoms with Gasteiger partial charge in [-0.2, -0.15) is 64.3 Å². The topological polar surface area (TPSA) is 347 Å². The maximum Gasteiger partial charge on any atom is 1.00 e. The number of sulfonamides is 3. The van der Waals surface area contributed by atoms with Gasteiger partial charge in [0.25, 0.3) is 11.8 Å². The molecule has 50 heteroatoms. The Morgan fingerprint density at radius 1 is 0.527 bits per heavy atom. The molecule has 6 aromatic heterocycles. The Bertz CT molecular complexity index is 6960. The average Bonchev–Trinajstić information content (AvgIpc) is 1.52. The van der Waals surface area contributed by atoms with Crippen molar-refractivity contribution in [1.82, 2.24) is 49.1 Å². The van der Waals surface area contributed by atoms with Crippen molar-refractivity contribution < 1.29 is 178 Å². The minimum Gasteiger partial charge on any atom is -0.870 e. The van der Waals surface area contributed by atoms with Crippen LogP contribution in [0.2, 0.25) is 10.0 Å². The molecule has 14 rings (SSSR count). The van der Waals surface area contributed by atoms with Crippen LogP contribution < -0.4 is 67.5 Å². The number of aromatic nitrogens is 10. The van der Waals surface area contributed by atoms with Crippen molar-refractivity contribution >= 4 is 155 Å². The Balaban J connectivity index is 0.000000284. The van der Waals surface area contributed by atoms with Crippen LogP contribution in [-0.2, 0) is 110 Å². The molecule has 6 atom stereocenters. The smallest absolute Gasteiger partial charge is 0.870 e. The normalized spacial score (nSPS) is 17.0. The van der Waals surface area contributed by atoms with Gasteiger partial charge in [0.1, 0.15) is 81.7 Å². The zero-order valence-electron chi connectivity index (χ0n) is 71.2. The first kappa shape index (κ1) is 108. The first-order valence-corrected chi connectivity index (χ1v) is 54.5. The first-order chi connectivity index (χ1) is 58.9. The van der Waals surface area contributed by atoms with E-state index in [1.54, 1.807) is 13.8 Å². The van der Waals surface area contributed by atoms with Gasteiger partial charge >= 0.3 is 71.5 Å². The Hall–Kier alpha value is -6.63. The number of ketones is 2. The number of Topliss-reactive ketones (excluding diaryl/α,β-unsaturated/α-hetero) is 2. The van der Waals surface area contributed by atoms with Crippen LogP contribution in [0, 0.1) is 72.6 Å². The van der Waals surface area contributed by atoms with Gasteiger partial charge in [-0.1, -0.05) is 47.2 Å². The van der Waals surface area contributed by atoms with Gasteiger partial charge < -0.3 is 5.48 Å². The fourth-order valence-electron chi connectivity index (χ4n) is 16.0. The zero-order chi connectivity index (χ0) is 94.9. The summed E-state index contributed by atoms with van der Waals surface area (Å²) in [5.41, 5.74) is -1.24. The van der Waals surface area contributed by atoms with Crippen molar-refractivity contribution in [1.29, 1.82) is 0 Å². The van der Waals surface area contributed by atoms with Gasteiger partial charge in [-0.15, -0.1) is 3.71 Å². The average molecular weight is 2220 g/mol. The fraction of sp³-hybridized carbons (Fsp3) is 0.407. The van der Waals surface area contributed by atoms with Crippen LogP contribution in [0.5, 0.6) is 0 Å². The molecule has 0 aliphatic heterocycles. The van der Waals surface area contributed by atoms with Gasteiger partial charge in [0.2, 0.25) is 30.1 Å². The third-order valence-electron chi connectivity index (χ3n) is 22.1. The number of pyridine rings is 2. The summed E-state index contributed by atoms with van der Waals surface area (Å²) < 4.78 is 334. The number of benzene rings is 4. The Morgan fingerprint density at radius 2 is 0.870 bits per heavy atom. The first-order valence-electron chi connectivity index (χ1n) is 38.1. The number of anilines is 2. The number of carbonyl (C=O) groups excluding carboxylic acids is 2. The van der Waals surface area contributed by atoms with Crippen molar-refractivity contribution in [2.45, 2.75) is 164 Å². The summed E-state index contributed by atoms with van der Waals surface area (Å²) in [7, 11) is -21.4. The van der Waals surface area contributed by atoms with Crippen LogP contribution in [-0.4, -0.2) is 161 Å². The largest absolute Gasteiger partial charge is 1.00 e. The van der Waals surface area contributed by atoms with Crippen LogP contribution in [0.1, 0.15) is 145 Å². The third-order valence-corrected chi connectivity index (χ3v) is 30.3. The number of fused-ring (bicyclic) bond motifs is 8. The van der Waals surface area contributed by atoms with Gasteiger partial charge in [0.05, 0.1) is 73.4 Å². The van der Waals surface area contributed by atoms with Gasteiger partial charge in [0.15, 0.2) is 42.9 Å². The van der Waals surface area contributed by atoms with E-state index in [0.29, 0.717) is 51.8 Å². The quantitative estimate of drug-likeness (QED) is 0.0240. The molecule has 10 aromatic rings. The molecule has 0 radical (unpaired) electrons. The molecule has 25 nitrogen and oxygen atoms in total. The van der Waals surface area contributed by atoms with Gasteiger partial charge in [-0.25, -0.2) is 69.6 Å². The van der Waals surface area contributed by atoms with Crippen molar-refractivity contribution in [3.63, 3.8) is 0 Å². The Morgan fingerprint density at radius 3 is 1.21 bits per heavy atom. The number of alkyl halides is 10. The minimum atomic E-state index is -5.07. The molecule has 694 valence electrons. The number of nitrogens with one attached hydrogen (secondary N) is 1. The molecule has 0 amide bonds. The van der Waals surface area contributed by atoms with Gasteiger partial charge in [-0.3, -0.25) is 33.0 Å². The second kappa shape index (κ2) is 39.1. The van der Waals surface area contributed by atoms with Crippen LogP contribution in [0.3, 0.4) is 0 Å². The predicted molar refractivity (Wildman–Crippen MR) is 469 cm³/mol. The second-order valence-electron chi connectivity index (χ2n) is 32.8. The molecule has 0 bridgehead atoms. The van der Waals surface area contributed by atoms with E-state index in [1.165, 1.54) is 70.2 Å². The van der Waals surface area contributed by atoms with E-state index in [9.17, 15) is 95.6 Å². The number of sulfone groups is 2. The molecule has 0 unspecified atom stereocenters. The second-order valence-corrected chi connectivity index (χ2v) is 44.4. The predicted octanol–water partition coefficient (Wildman–Crippen LogP) is 10.6. The molecule has 2 N–H and O–H groups in total. The molecular formula is C81H75Cl2F14I2N12Na2O13S5+. The van der Waals surface area contributed by atoms with E-state index in [-0.39, 0.29) is 176 Å². The Kier molecular flexibility index (Phi) is 32.2. The molecule has 131 heavy (non-hydrogen) atoms. The summed E-state index contributed by atoms with van der Waals surface area (Å²) in [6.07, 6.45) is -7.74. The number of nitrogens with zero attached hydrogens (tertiary/aromatic N) is 11. The molecule has 2 saturated carbocycles. The zero-order valence-corrected chi connectivity index (χ0v) is 85.1. The number of aryl methyl sites for hydroxylation is 2. The molecule has 4 aliphatic carbocycles. The van der Waals surface area contributed by atoms with Gasteiger partial charge in [-0.05, 0) is 163 Å². The van der Waals surface area contributed by atoms with Gasteiger partial charge in [0, 0.05) is 132 Å². The number of carbonyl (C=O) groups is 2. The Labute approximate surface area is 820 Å². The SMILES string of the molecule is Cc1nn(CC(=O)C[C@@H](Cc2cc(F)cc(F)c2)c2nc(C#CC(C)(C)S(C)(=O)=O)ccc2-c2ccc(Cl)c3c(N(S(C)(=O)=O)S(C)(=O)=O)nn(CC(F)(F)F)c23)c2c1[C@H]1C[C@H]1C2(F)F.Cc1nn(CC(=O)C[C@@H](Cc2cc(F)cc(F)c2)c2nc(C#CC(C)(C)S(C)(=O)=O)ccc2-c2ccc(Cl)c3c(NS(C)(=O)=O)nn(CC(F)(F)F)c23)c2c1[C@H]1C[C@H]1C2(F)F.II.[Na+].[Na+].[OH-]. The van der Waals surface area contributed by atoms with Crippen LogP contribution >= 0.6 is 60.4 Å². The molecule has 4 aliphatic rings. The van der Waals surface area contributed by atoms with E-state index in [1.807, 2.05) is 0 Å². The fourth-order valence-corrected chi connectivity index (χ4v) is 20.3. The van der Waals surface area contributed by atoms with E-state index < -0.39 is 227 Å². The number of hydrogen-bond donors (Lipinski definition) is 1. The molecule has 6 heterocycles. The summed E-state index contributed by atoms with van der Waals surface area (Å²) in [6, 6.07) is 15.2. The van der Waals surface area contributed by atoms with Crippen molar-refractivity contribution in [3.05, 3.63) is 186 Å². The number of halogens is 18. The van der Waals surface area contributed by atoms with E-state index in [4.69, 9.17) is 23.2 Å². The van der Waals surface area contributed by atoms with Crippen LogP contribution in [0.4, 0.5) is 73.1 Å². The van der Waals surface area contributed by atoms with Crippen molar-refractivity contribution in [2.24, 2.45) is 11.8 Å². The molecule has 4 aromatic carbocycles. The summed E-state index contributed by atoms with van der Waals surface area (Å²) in [4.78, 5) is 37.7. The van der Waals surface area contributed by atoms with E-state index >= 15 is 17.6 Å². The number of hydrogen-bond acceptors (Lipinski definition) is 19. The molecule has 0 spiro atoms. The standard InChI is InChI=1S/C41H38ClF7N6O7S3.C40H36ClF7N6O5S2.I2.2Na.H2O/c1-21-33-30-18-31(30)41(48,49)37(33)53(51-21)19-27(56)16-23(13-22-14-24(43)17-25(44)15-22)35-28(8-7-26(50-35)11-12-39(2,3)63(4,57)58)29-9-10-32(42)34-36(29)54(20-40(45,46)47)52-38(34)55(64(5,59)60)65(6,61)62;1-20-32-29-17-30(29)40(47,48)36(32)53(50-20)18-26(55)15-22(12-21-13-23(42)16-24(43)14-21)34-27(7-6-25(49-34)10-11-38(2,3)60(4,56)57)28-8-9-31(41)33-35(28)54(19-39(44,45)46)51-37(33)52-61(5,58)59;1-2;;;/h7-10,14-15,17,23,30-31H,13,16,18-20H2,1-6H3;6-9,13-14,16,22,29-30H,12,15,17-19H2,1-5H3,(H,51,52);;;;1H2/q;;;2*+1;/p-1/t23-,30+,31-;22-,29+,30-;;;;/m11..../s1.